The fraction of sp³-hybridized carbons (Fsp3) is 0.500. The highest BCUT2D eigenvalue weighted by Gasteiger charge is 2.14. The van der Waals surface area contributed by atoms with Gasteiger partial charge in [0.25, 0.3) is 0 Å². The Bertz CT molecular complexity index is 705. The van der Waals surface area contributed by atoms with Gasteiger partial charge in [-0.2, -0.15) is 0 Å². The highest BCUT2D eigenvalue weighted by atomic mass is 127. The number of likely N-dealkylation sites (N-methyl/N-ethyl adjacent to an activating group) is 1. The molecule has 0 aliphatic carbocycles. The maximum Gasteiger partial charge on any atom is 0.191 e. The first kappa shape index (κ1) is 23.8. The molecule has 1 heterocycles. The minimum absolute atomic E-state index is 0. The van der Waals surface area contributed by atoms with Crippen LogP contribution in [0.5, 0.6) is 0 Å². The van der Waals surface area contributed by atoms with Gasteiger partial charge < -0.3 is 15.5 Å². The first-order valence-electron chi connectivity index (χ1n) is 9.01. The Morgan fingerprint density at radius 2 is 1.81 bits per heavy atom. The molecule has 2 rings (SSSR count). The number of nitrogens with zero attached hydrogens (tertiary/aromatic N) is 3. The molecule has 0 spiro atoms. The molecule has 2 N–H and O–H groups in total. The van der Waals surface area contributed by atoms with E-state index in [1.807, 2.05) is 7.05 Å². The molecule has 0 saturated heterocycles. The Morgan fingerprint density at radius 1 is 1.15 bits per heavy atom. The van der Waals surface area contributed by atoms with Crippen molar-refractivity contribution < 1.29 is 0 Å². The first-order valence-corrected chi connectivity index (χ1v) is 9.82. The third kappa shape index (κ3) is 7.38. The molecule has 0 aliphatic heterocycles. The highest BCUT2D eigenvalue weighted by Crippen LogP contribution is 2.18. The van der Waals surface area contributed by atoms with Crippen molar-refractivity contribution in [3.05, 3.63) is 51.0 Å². The Morgan fingerprint density at radius 3 is 2.33 bits per heavy atom. The lowest BCUT2D eigenvalue weighted by Crippen LogP contribution is -2.42. The molecule has 150 valence electrons. The molecule has 0 amide bonds. The Hall–Kier alpha value is -1.19. The van der Waals surface area contributed by atoms with Crippen molar-refractivity contribution in [2.45, 2.75) is 33.2 Å². The summed E-state index contributed by atoms with van der Waals surface area (Å²) in [6.45, 7) is 7.92. The fourth-order valence-electron chi connectivity index (χ4n) is 2.74. The number of halogens is 1. The summed E-state index contributed by atoms with van der Waals surface area (Å²) in [6.07, 6.45) is 0.912. The van der Waals surface area contributed by atoms with E-state index in [0.29, 0.717) is 6.04 Å². The predicted octanol–water partition coefficient (Wildman–Crippen LogP) is 3.70. The molecular weight excluding hydrogens is 469 g/mol. The minimum Gasteiger partial charge on any atom is -0.356 e. The van der Waals surface area contributed by atoms with Crippen LogP contribution in [0.25, 0.3) is 0 Å². The largest absolute Gasteiger partial charge is 0.356 e. The lowest BCUT2D eigenvalue weighted by molar-refractivity contribution is 0.298. The molecule has 1 atom stereocenters. The zero-order valence-electron chi connectivity index (χ0n) is 17.2. The third-order valence-electron chi connectivity index (χ3n) is 4.48. The quantitative estimate of drug-likeness (QED) is 0.345. The molecule has 0 bridgehead atoms. The van der Waals surface area contributed by atoms with Crippen LogP contribution in [0.3, 0.4) is 0 Å². The van der Waals surface area contributed by atoms with E-state index in [1.165, 1.54) is 21.0 Å². The van der Waals surface area contributed by atoms with Crippen molar-refractivity contribution in [3.63, 3.8) is 0 Å². The van der Waals surface area contributed by atoms with Gasteiger partial charge in [-0.3, -0.25) is 4.99 Å². The second-order valence-corrected chi connectivity index (χ2v) is 8.06. The number of aromatic nitrogens is 1. The molecule has 0 fully saturated rings. The molecule has 1 unspecified atom stereocenters. The third-order valence-corrected chi connectivity index (χ3v) is 5.61. The summed E-state index contributed by atoms with van der Waals surface area (Å²) in [7, 11) is 6.02. The number of hydrogen-bond donors (Lipinski definition) is 2. The van der Waals surface area contributed by atoms with Gasteiger partial charge >= 0.3 is 0 Å². The number of aryl methyl sites for hydroxylation is 3. The first-order chi connectivity index (χ1) is 12.4. The van der Waals surface area contributed by atoms with Gasteiger partial charge in [-0.1, -0.05) is 29.8 Å². The van der Waals surface area contributed by atoms with E-state index in [2.05, 4.69) is 84.6 Å². The summed E-state index contributed by atoms with van der Waals surface area (Å²) in [6, 6.07) is 9.02. The van der Waals surface area contributed by atoms with Crippen molar-refractivity contribution in [2.24, 2.45) is 4.99 Å². The van der Waals surface area contributed by atoms with Gasteiger partial charge in [0.1, 0.15) is 0 Å². The number of aliphatic imine (C=N–C) groups is 1. The topological polar surface area (TPSA) is 52.6 Å². The van der Waals surface area contributed by atoms with Crippen LogP contribution in [0.2, 0.25) is 0 Å². The second kappa shape index (κ2) is 11.6. The molecule has 1 aromatic carbocycles. The van der Waals surface area contributed by atoms with Crippen LogP contribution in [0.1, 0.15) is 32.7 Å². The molecule has 0 saturated carbocycles. The van der Waals surface area contributed by atoms with Crippen LogP contribution in [0, 0.1) is 20.8 Å². The molecule has 7 heteroatoms. The average Bonchev–Trinajstić information content (AvgIpc) is 2.92. The van der Waals surface area contributed by atoms with Gasteiger partial charge in [0.2, 0.25) is 0 Å². The van der Waals surface area contributed by atoms with E-state index in [9.17, 15) is 0 Å². The van der Waals surface area contributed by atoms with E-state index < -0.39 is 0 Å². The van der Waals surface area contributed by atoms with E-state index in [0.717, 1.165) is 31.2 Å². The monoisotopic (exact) mass is 501 g/mol. The van der Waals surface area contributed by atoms with Gasteiger partial charge in [0.05, 0.1) is 16.7 Å². The van der Waals surface area contributed by atoms with Gasteiger partial charge in [0, 0.05) is 31.4 Å². The van der Waals surface area contributed by atoms with Gasteiger partial charge in [0.15, 0.2) is 5.96 Å². The highest BCUT2D eigenvalue weighted by molar-refractivity contribution is 14.0. The van der Waals surface area contributed by atoms with Crippen molar-refractivity contribution in [1.29, 1.82) is 0 Å². The Balaban J connectivity index is 0.00000364. The summed E-state index contributed by atoms with van der Waals surface area (Å²) in [5, 5.41) is 8.01. The van der Waals surface area contributed by atoms with Crippen molar-refractivity contribution in [1.82, 2.24) is 20.5 Å². The van der Waals surface area contributed by atoms with Gasteiger partial charge in [-0.05, 0) is 40.4 Å². The van der Waals surface area contributed by atoms with Crippen molar-refractivity contribution in [2.75, 3.05) is 34.2 Å². The smallest absolute Gasteiger partial charge is 0.191 e. The molecular formula is C20H32IN5S. The standard InChI is InChI=1S/C20H31N5S.HI/c1-14-7-9-17(10-8-14)18(25(5)6)13-23-20(21-4)22-12-11-19-24-15(2)16(3)26-19;/h7-10,18H,11-13H2,1-6H3,(H2,21,22,23);1H. The Kier molecular flexibility index (Phi) is 10.3. The molecule has 5 nitrogen and oxygen atoms in total. The summed E-state index contributed by atoms with van der Waals surface area (Å²) in [5.41, 5.74) is 3.72. The number of rotatable bonds is 7. The molecule has 2 aromatic rings. The zero-order chi connectivity index (χ0) is 19.1. The van der Waals surface area contributed by atoms with E-state index in [1.54, 1.807) is 11.3 Å². The van der Waals surface area contributed by atoms with Crippen molar-refractivity contribution in [3.8, 4) is 0 Å². The lowest BCUT2D eigenvalue weighted by Gasteiger charge is -2.26. The number of hydrogen-bond acceptors (Lipinski definition) is 4. The maximum absolute atomic E-state index is 4.59. The summed E-state index contributed by atoms with van der Waals surface area (Å²) < 4.78 is 0. The zero-order valence-corrected chi connectivity index (χ0v) is 20.3. The fourth-order valence-corrected chi connectivity index (χ4v) is 3.67. The van der Waals surface area contributed by atoms with Crippen molar-refractivity contribution >= 4 is 41.3 Å². The molecule has 0 aliphatic rings. The van der Waals surface area contributed by atoms with Crippen LogP contribution in [0.15, 0.2) is 29.3 Å². The summed E-state index contributed by atoms with van der Waals surface area (Å²) in [4.78, 5) is 12.5. The van der Waals surface area contributed by atoms with E-state index in [4.69, 9.17) is 0 Å². The summed E-state index contributed by atoms with van der Waals surface area (Å²) in [5.74, 6) is 0.828. The summed E-state index contributed by atoms with van der Waals surface area (Å²) >= 11 is 1.78. The Labute approximate surface area is 184 Å². The number of nitrogens with one attached hydrogen (secondary N) is 2. The normalized spacial score (nSPS) is 12.6. The molecule has 27 heavy (non-hydrogen) atoms. The van der Waals surface area contributed by atoms with E-state index in [-0.39, 0.29) is 24.0 Å². The SMILES string of the molecule is CN=C(NCCc1nc(C)c(C)s1)NCC(c1ccc(C)cc1)N(C)C.I. The lowest BCUT2D eigenvalue weighted by atomic mass is 10.0. The van der Waals surface area contributed by atoms with Crippen LogP contribution < -0.4 is 10.6 Å². The van der Waals surface area contributed by atoms with Crippen LogP contribution in [-0.2, 0) is 6.42 Å². The second-order valence-electron chi connectivity index (χ2n) is 6.77. The minimum atomic E-state index is 0. The van der Waals surface area contributed by atoms with Gasteiger partial charge in [-0.15, -0.1) is 35.3 Å². The maximum atomic E-state index is 4.59. The number of benzene rings is 1. The van der Waals surface area contributed by atoms with Gasteiger partial charge in [-0.25, -0.2) is 4.98 Å². The van der Waals surface area contributed by atoms with Crippen LogP contribution in [-0.4, -0.2) is 50.1 Å². The van der Waals surface area contributed by atoms with E-state index >= 15 is 0 Å². The molecule has 0 radical (unpaired) electrons. The van der Waals surface area contributed by atoms with Crippen LogP contribution in [0.4, 0.5) is 0 Å². The molecule has 1 aromatic heterocycles. The average molecular weight is 501 g/mol. The number of guanidine groups is 1. The van der Waals surface area contributed by atoms with Crippen LogP contribution >= 0.6 is 35.3 Å². The number of thiazole rings is 1. The predicted molar refractivity (Wildman–Crippen MR) is 128 cm³/mol.